The van der Waals surface area contributed by atoms with Gasteiger partial charge in [0.1, 0.15) is 16.7 Å². The van der Waals surface area contributed by atoms with Crippen molar-refractivity contribution in [2.75, 3.05) is 0 Å². The monoisotopic (exact) mass is 172 g/mol. The maximum absolute atomic E-state index is 10.4. The van der Waals surface area contributed by atoms with E-state index in [1.165, 1.54) is 0 Å². The Morgan fingerprint density at radius 1 is 1.73 bits per heavy atom. The first-order chi connectivity index (χ1) is 5.11. The molecule has 0 radical (unpaired) electrons. The second-order valence-electron chi connectivity index (χ2n) is 2.24. The largest absolute Gasteiger partial charge is 0.481 e. The van der Waals surface area contributed by atoms with Crippen LogP contribution in [0.25, 0.3) is 0 Å². The van der Waals surface area contributed by atoms with Crippen molar-refractivity contribution in [1.29, 1.82) is 0 Å². The number of aryl methyl sites for hydroxylation is 1. The molecule has 11 heavy (non-hydrogen) atoms. The Morgan fingerprint density at radius 2 is 2.36 bits per heavy atom. The predicted molar refractivity (Wildman–Crippen MR) is 40.7 cm³/mol. The lowest BCUT2D eigenvalue weighted by atomic mass is 10.2. The highest BCUT2D eigenvalue weighted by Gasteiger charge is 2.17. The topological polar surface area (TPSA) is 63.1 Å². The van der Waals surface area contributed by atoms with Gasteiger partial charge in [0.2, 0.25) is 0 Å². The van der Waals surface area contributed by atoms with E-state index in [9.17, 15) is 4.79 Å². The van der Waals surface area contributed by atoms with E-state index in [-0.39, 0.29) is 0 Å². The van der Waals surface area contributed by atoms with Gasteiger partial charge in [0.05, 0.1) is 0 Å². The first-order valence-electron chi connectivity index (χ1n) is 3.14. The maximum atomic E-state index is 10.4. The highest BCUT2D eigenvalue weighted by Crippen LogP contribution is 2.16. The summed E-state index contributed by atoms with van der Waals surface area (Å²) in [5.41, 5.74) is 0. The van der Waals surface area contributed by atoms with E-state index in [1.807, 2.05) is 0 Å². The van der Waals surface area contributed by atoms with Crippen LogP contribution in [-0.4, -0.2) is 20.4 Å². The zero-order chi connectivity index (χ0) is 8.43. The SMILES string of the molecule is Cc1nsc(C(C)C(=O)O)n1. The van der Waals surface area contributed by atoms with Crippen LogP contribution >= 0.6 is 11.5 Å². The smallest absolute Gasteiger partial charge is 0.313 e. The number of carboxylic acids is 1. The minimum atomic E-state index is -0.860. The summed E-state index contributed by atoms with van der Waals surface area (Å²) in [4.78, 5) is 14.4. The van der Waals surface area contributed by atoms with Gasteiger partial charge >= 0.3 is 5.97 Å². The molecule has 0 aromatic carbocycles. The predicted octanol–water partition coefficient (Wildman–Crippen LogP) is 1.03. The third-order valence-corrected chi connectivity index (χ3v) is 2.27. The fourth-order valence-electron chi connectivity index (χ4n) is 0.595. The number of aromatic nitrogens is 2. The average Bonchev–Trinajstić information content (AvgIpc) is 2.34. The summed E-state index contributed by atoms with van der Waals surface area (Å²) in [6.45, 7) is 3.34. The van der Waals surface area contributed by atoms with Gasteiger partial charge in [-0.05, 0) is 25.4 Å². The highest BCUT2D eigenvalue weighted by molar-refractivity contribution is 7.05. The van der Waals surface area contributed by atoms with Crippen molar-refractivity contribution in [2.24, 2.45) is 0 Å². The minimum absolute atomic E-state index is 0.541. The number of aliphatic carboxylic acids is 1. The second kappa shape index (κ2) is 2.96. The Kier molecular flexibility index (Phi) is 2.19. The lowest BCUT2D eigenvalue weighted by Crippen LogP contribution is -2.06. The summed E-state index contributed by atoms with van der Waals surface area (Å²) in [6, 6.07) is 0. The zero-order valence-electron chi connectivity index (χ0n) is 6.24. The summed E-state index contributed by atoms with van der Waals surface area (Å²) in [6.07, 6.45) is 0. The van der Waals surface area contributed by atoms with Crippen LogP contribution in [0.4, 0.5) is 0 Å². The van der Waals surface area contributed by atoms with Crippen LogP contribution in [0.1, 0.15) is 23.7 Å². The molecule has 0 saturated heterocycles. The van der Waals surface area contributed by atoms with Crippen molar-refractivity contribution >= 4 is 17.5 Å². The van der Waals surface area contributed by atoms with Gasteiger partial charge in [-0.15, -0.1) is 0 Å². The molecular formula is C6H8N2O2S. The summed E-state index contributed by atoms with van der Waals surface area (Å²) in [7, 11) is 0. The van der Waals surface area contributed by atoms with Gasteiger partial charge in [0.25, 0.3) is 0 Å². The first kappa shape index (κ1) is 8.13. The molecule has 1 rings (SSSR count). The molecule has 0 amide bonds. The van der Waals surface area contributed by atoms with Crippen molar-refractivity contribution < 1.29 is 9.90 Å². The molecule has 1 heterocycles. The van der Waals surface area contributed by atoms with Crippen molar-refractivity contribution in [1.82, 2.24) is 9.36 Å². The molecule has 0 aliphatic carbocycles. The summed E-state index contributed by atoms with van der Waals surface area (Å²) in [5.74, 6) is -0.763. The highest BCUT2D eigenvalue weighted by atomic mass is 32.1. The van der Waals surface area contributed by atoms with Crippen LogP contribution in [0.15, 0.2) is 0 Å². The number of carbonyl (C=O) groups is 1. The Bertz CT molecular complexity index is 271. The van der Waals surface area contributed by atoms with E-state index < -0.39 is 11.9 Å². The number of hydrogen-bond donors (Lipinski definition) is 1. The van der Waals surface area contributed by atoms with E-state index in [4.69, 9.17) is 5.11 Å². The molecule has 0 aliphatic heterocycles. The van der Waals surface area contributed by atoms with E-state index in [2.05, 4.69) is 9.36 Å². The summed E-state index contributed by atoms with van der Waals surface area (Å²) in [5, 5.41) is 9.15. The summed E-state index contributed by atoms with van der Waals surface area (Å²) < 4.78 is 3.89. The maximum Gasteiger partial charge on any atom is 0.313 e. The normalized spacial score (nSPS) is 12.9. The molecule has 1 unspecified atom stereocenters. The van der Waals surface area contributed by atoms with E-state index in [0.717, 1.165) is 11.5 Å². The zero-order valence-corrected chi connectivity index (χ0v) is 7.05. The standard InChI is InChI=1S/C6H8N2O2S/c1-3(6(9)10)5-7-4(2)8-11-5/h3H,1-2H3,(H,9,10). The lowest BCUT2D eigenvalue weighted by molar-refractivity contribution is -0.138. The molecule has 1 atom stereocenters. The van der Waals surface area contributed by atoms with Gasteiger partial charge in [-0.25, -0.2) is 4.98 Å². The minimum Gasteiger partial charge on any atom is -0.481 e. The molecule has 1 aromatic heterocycles. The van der Waals surface area contributed by atoms with E-state index >= 15 is 0 Å². The van der Waals surface area contributed by atoms with Crippen LogP contribution in [0.3, 0.4) is 0 Å². The second-order valence-corrected chi connectivity index (χ2v) is 3.02. The fraction of sp³-hybridized carbons (Fsp3) is 0.500. The molecule has 0 bridgehead atoms. The van der Waals surface area contributed by atoms with Crippen molar-refractivity contribution in [3.05, 3.63) is 10.8 Å². The molecule has 5 heteroatoms. The van der Waals surface area contributed by atoms with Gasteiger partial charge in [-0.3, -0.25) is 4.79 Å². The number of nitrogens with zero attached hydrogens (tertiary/aromatic N) is 2. The molecule has 1 N–H and O–H groups in total. The summed E-state index contributed by atoms with van der Waals surface area (Å²) >= 11 is 1.14. The molecule has 0 spiro atoms. The number of hydrogen-bond acceptors (Lipinski definition) is 4. The fourth-order valence-corrected chi connectivity index (χ4v) is 1.29. The van der Waals surface area contributed by atoms with Crippen LogP contribution in [0.5, 0.6) is 0 Å². The van der Waals surface area contributed by atoms with E-state index in [1.54, 1.807) is 13.8 Å². The molecular weight excluding hydrogens is 164 g/mol. The number of carboxylic acid groups (broad SMARTS) is 1. The quantitative estimate of drug-likeness (QED) is 0.723. The lowest BCUT2D eigenvalue weighted by Gasteiger charge is -1.97. The average molecular weight is 172 g/mol. The molecule has 4 nitrogen and oxygen atoms in total. The van der Waals surface area contributed by atoms with Gasteiger partial charge < -0.3 is 5.11 Å². The van der Waals surface area contributed by atoms with Gasteiger partial charge in [-0.1, -0.05) is 0 Å². The van der Waals surface area contributed by atoms with Gasteiger partial charge in [0.15, 0.2) is 0 Å². The third-order valence-electron chi connectivity index (χ3n) is 1.28. The molecule has 1 aromatic rings. The first-order valence-corrected chi connectivity index (χ1v) is 3.91. The van der Waals surface area contributed by atoms with Gasteiger partial charge in [-0.2, -0.15) is 4.37 Å². The Morgan fingerprint density at radius 3 is 2.73 bits per heavy atom. The van der Waals surface area contributed by atoms with Crippen LogP contribution < -0.4 is 0 Å². The van der Waals surface area contributed by atoms with Crippen molar-refractivity contribution in [3.63, 3.8) is 0 Å². The molecule has 60 valence electrons. The number of rotatable bonds is 2. The Hall–Kier alpha value is -0.970. The molecule has 0 saturated carbocycles. The third kappa shape index (κ3) is 1.74. The Labute approximate surface area is 68.1 Å². The van der Waals surface area contributed by atoms with E-state index in [0.29, 0.717) is 10.8 Å². The van der Waals surface area contributed by atoms with Crippen LogP contribution in [-0.2, 0) is 4.79 Å². The van der Waals surface area contributed by atoms with Gasteiger partial charge in [0, 0.05) is 0 Å². The Balaban J connectivity index is 2.84. The van der Waals surface area contributed by atoms with Crippen molar-refractivity contribution in [3.8, 4) is 0 Å². The van der Waals surface area contributed by atoms with Crippen LogP contribution in [0.2, 0.25) is 0 Å². The molecule has 0 fully saturated rings. The molecule has 0 aliphatic rings. The van der Waals surface area contributed by atoms with Crippen LogP contribution in [0, 0.1) is 6.92 Å². The van der Waals surface area contributed by atoms with Crippen molar-refractivity contribution in [2.45, 2.75) is 19.8 Å².